The average molecular weight is 324 g/mol. The lowest BCUT2D eigenvalue weighted by atomic mass is 10.1. The van der Waals surface area contributed by atoms with Gasteiger partial charge in [-0.3, -0.25) is 9.59 Å². The molecule has 1 saturated heterocycles. The van der Waals surface area contributed by atoms with Gasteiger partial charge in [0.2, 0.25) is 0 Å². The largest absolute Gasteiger partial charge is 0.383 e. The summed E-state index contributed by atoms with van der Waals surface area (Å²) in [6.45, 7) is 6.09. The van der Waals surface area contributed by atoms with Crippen LogP contribution in [-0.2, 0) is 4.74 Å². The lowest BCUT2D eigenvalue weighted by Crippen LogP contribution is -2.33. The molecule has 0 N–H and O–H groups in total. The van der Waals surface area contributed by atoms with Crippen LogP contribution in [0.3, 0.4) is 0 Å². The summed E-state index contributed by atoms with van der Waals surface area (Å²) >= 11 is 1.28. The number of methoxy groups -OCH3 is 1. The topological polar surface area (TPSA) is 49.9 Å². The molecule has 0 aliphatic carbocycles. The van der Waals surface area contributed by atoms with Crippen LogP contribution in [0.4, 0.5) is 0 Å². The van der Waals surface area contributed by atoms with Crippen LogP contribution in [0.2, 0.25) is 0 Å². The van der Waals surface area contributed by atoms with Gasteiger partial charge >= 0.3 is 0 Å². The maximum absolute atomic E-state index is 12.4. The second-order valence-electron chi connectivity index (χ2n) is 5.85. The fraction of sp³-hybridized carbons (Fsp3) is 0.625. The first-order valence-corrected chi connectivity index (χ1v) is 8.40. The van der Waals surface area contributed by atoms with Gasteiger partial charge in [0.1, 0.15) is 0 Å². The number of thiophene rings is 1. The van der Waals surface area contributed by atoms with Crippen LogP contribution in [0.5, 0.6) is 0 Å². The van der Waals surface area contributed by atoms with Crippen molar-refractivity contribution in [2.45, 2.75) is 13.3 Å². The summed E-state index contributed by atoms with van der Waals surface area (Å²) in [7, 11) is 3.56. The van der Waals surface area contributed by atoms with E-state index in [0.29, 0.717) is 15.7 Å². The van der Waals surface area contributed by atoms with Gasteiger partial charge in [-0.15, -0.1) is 11.3 Å². The Bertz CT molecular complexity index is 529. The van der Waals surface area contributed by atoms with Gasteiger partial charge < -0.3 is 14.5 Å². The summed E-state index contributed by atoms with van der Waals surface area (Å²) in [4.78, 5) is 29.2. The van der Waals surface area contributed by atoms with Crippen LogP contribution in [0.25, 0.3) is 0 Å². The molecule has 0 spiro atoms. The number of ketones is 1. The van der Waals surface area contributed by atoms with Crippen molar-refractivity contribution in [3.8, 4) is 0 Å². The molecule has 6 heteroatoms. The molecule has 1 fully saturated rings. The number of rotatable bonds is 7. The highest BCUT2D eigenvalue weighted by Crippen LogP contribution is 2.21. The van der Waals surface area contributed by atoms with Crippen LogP contribution < -0.4 is 0 Å². The quantitative estimate of drug-likeness (QED) is 0.720. The zero-order chi connectivity index (χ0) is 16.1. The number of ether oxygens (including phenoxy) is 1. The summed E-state index contributed by atoms with van der Waals surface area (Å²) in [5, 5.41) is 0. The van der Waals surface area contributed by atoms with Gasteiger partial charge in [0.05, 0.1) is 16.4 Å². The molecule has 5 nitrogen and oxygen atoms in total. The van der Waals surface area contributed by atoms with E-state index >= 15 is 0 Å². The molecular weight excluding hydrogens is 300 g/mol. The predicted molar refractivity (Wildman–Crippen MR) is 87.7 cm³/mol. The molecule has 1 aromatic rings. The molecule has 1 amide bonds. The molecule has 0 bridgehead atoms. The molecular formula is C16H24N2O3S. The second kappa shape index (κ2) is 7.85. The van der Waals surface area contributed by atoms with E-state index in [0.717, 1.165) is 39.2 Å². The van der Waals surface area contributed by atoms with E-state index in [9.17, 15) is 9.59 Å². The molecule has 1 atom stereocenters. The van der Waals surface area contributed by atoms with Gasteiger partial charge in [-0.05, 0) is 37.9 Å². The van der Waals surface area contributed by atoms with E-state index < -0.39 is 0 Å². The van der Waals surface area contributed by atoms with Crippen molar-refractivity contribution >= 4 is 23.0 Å². The third kappa shape index (κ3) is 4.38. The van der Waals surface area contributed by atoms with Gasteiger partial charge in [-0.1, -0.05) is 0 Å². The number of nitrogens with zero attached hydrogens (tertiary/aromatic N) is 2. The van der Waals surface area contributed by atoms with E-state index in [1.165, 1.54) is 18.3 Å². The fourth-order valence-corrected chi connectivity index (χ4v) is 3.68. The molecule has 122 valence electrons. The Hall–Kier alpha value is -1.24. The van der Waals surface area contributed by atoms with Crippen molar-refractivity contribution in [3.63, 3.8) is 0 Å². The van der Waals surface area contributed by atoms with Crippen molar-refractivity contribution < 1.29 is 14.3 Å². The number of hydrogen-bond acceptors (Lipinski definition) is 5. The van der Waals surface area contributed by atoms with Crippen LogP contribution in [0.15, 0.2) is 12.1 Å². The number of Topliss-reactive ketones (excluding diaryl/α,β-unsaturated/α-hetero) is 1. The van der Waals surface area contributed by atoms with Crippen LogP contribution in [0.1, 0.15) is 32.7 Å². The summed E-state index contributed by atoms with van der Waals surface area (Å²) in [6.07, 6.45) is 1.12. The minimum Gasteiger partial charge on any atom is -0.383 e. The number of carbonyl (C=O) groups excluding carboxylic acids is 2. The molecule has 22 heavy (non-hydrogen) atoms. The molecule has 1 aliphatic heterocycles. The Morgan fingerprint density at radius 3 is 2.77 bits per heavy atom. The highest BCUT2D eigenvalue weighted by Gasteiger charge is 2.25. The van der Waals surface area contributed by atoms with Crippen molar-refractivity contribution in [1.29, 1.82) is 0 Å². The zero-order valence-corrected chi connectivity index (χ0v) is 14.3. The van der Waals surface area contributed by atoms with Gasteiger partial charge in [-0.2, -0.15) is 0 Å². The zero-order valence-electron chi connectivity index (χ0n) is 13.5. The smallest absolute Gasteiger partial charge is 0.263 e. The van der Waals surface area contributed by atoms with Crippen molar-refractivity contribution in [2.24, 2.45) is 5.92 Å². The van der Waals surface area contributed by atoms with Crippen molar-refractivity contribution in [1.82, 2.24) is 9.80 Å². The molecule has 1 aromatic heterocycles. The maximum Gasteiger partial charge on any atom is 0.263 e. The summed E-state index contributed by atoms with van der Waals surface area (Å²) in [5.74, 6) is 0.530. The van der Waals surface area contributed by atoms with Crippen molar-refractivity contribution in [2.75, 3.05) is 46.9 Å². The van der Waals surface area contributed by atoms with E-state index in [-0.39, 0.29) is 11.7 Å². The monoisotopic (exact) mass is 324 g/mol. The molecule has 0 unspecified atom stereocenters. The lowest BCUT2D eigenvalue weighted by Gasteiger charge is -2.21. The Labute approximate surface area is 135 Å². The Morgan fingerprint density at radius 2 is 2.14 bits per heavy atom. The molecule has 2 rings (SSSR count). The van der Waals surface area contributed by atoms with Crippen LogP contribution in [-0.4, -0.2) is 68.4 Å². The Kier molecular flexibility index (Phi) is 6.11. The fourth-order valence-electron chi connectivity index (χ4n) is 2.79. The van der Waals surface area contributed by atoms with Gasteiger partial charge in [0, 0.05) is 33.8 Å². The average Bonchev–Trinajstić information content (AvgIpc) is 3.13. The normalized spacial score (nSPS) is 18.6. The number of carbonyl (C=O) groups is 2. The maximum atomic E-state index is 12.4. The number of amides is 1. The van der Waals surface area contributed by atoms with E-state index in [1.54, 1.807) is 24.1 Å². The molecule has 0 radical (unpaired) electrons. The van der Waals surface area contributed by atoms with E-state index in [4.69, 9.17) is 4.74 Å². The SMILES string of the molecule is COCCN1CC[C@@H](CN(C)C(=O)c2ccc(C(C)=O)s2)C1. The molecule has 0 saturated carbocycles. The van der Waals surface area contributed by atoms with Gasteiger partial charge in [-0.25, -0.2) is 0 Å². The van der Waals surface area contributed by atoms with Gasteiger partial charge in [0.25, 0.3) is 5.91 Å². The van der Waals surface area contributed by atoms with E-state index in [1.807, 2.05) is 7.05 Å². The minimum absolute atomic E-state index is 0.00726. The van der Waals surface area contributed by atoms with E-state index in [2.05, 4.69) is 4.90 Å². The summed E-state index contributed by atoms with van der Waals surface area (Å²) in [5.41, 5.74) is 0. The van der Waals surface area contributed by atoms with Crippen LogP contribution >= 0.6 is 11.3 Å². The number of likely N-dealkylation sites (tertiary alicyclic amines) is 1. The van der Waals surface area contributed by atoms with Crippen molar-refractivity contribution in [3.05, 3.63) is 21.9 Å². The molecule has 2 heterocycles. The molecule has 1 aliphatic rings. The third-order valence-corrected chi connectivity index (χ3v) is 5.20. The first-order valence-electron chi connectivity index (χ1n) is 7.58. The second-order valence-corrected chi connectivity index (χ2v) is 6.94. The highest BCUT2D eigenvalue weighted by atomic mass is 32.1. The first-order chi connectivity index (χ1) is 10.5. The Morgan fingerprint density at radius 1 is 1.41 bits per heavy atom. The van der Waals surface area contributed by atoms with Crippen LogP contribution in [0, 0.1) is 5.92 Å². The molecule has 0 aromatic carbocycles. The minimum atomic E-state index is 0.00726. The summed E-state index contributed by atoms with van der Waals surface area (Å²) in [6, 6.07) is 3.48. The third-order valence-electron chi connectivity index (χ3n) is 4.02. The summed E-state index contributed by atoms with van der Waals surface area (Å²) < 4.78 is 5.11. The predicted octanol–water partition coefficient (Wildman–Crippen LogP) is 1.99. The van der Waals surface area contributed by atoms with Gasteiger partial charge in [0.15, 0.2) is 5.78 Å². The standard InChI is InChI=1S/C16H24N2O3S/c1-12(19)14-4-5-15(22-14)16(20)17(2)10-13-6-7-18(11-13)8-9-21-3/h4-5,13H,6-11H2,1-3H3/t13-/m0/s1. The number of hydrogen-bond donors (Lipinski definition) is 0. The Balaban J connectivity index is 1.85. The highest BCUT2D eigenvalue weighted by molar-refractivity contribution is 7.15. The lowest BCUT2D eigenvalue weighted by molar-refractivity contribution is 0.0776. The first kappa shape index (κ1) is 17.1.